The molecule has 0 radical (unpaired) electrons. The van der Waals surface area contributed by atoms with Gasteiger partial charge in [-0.1, -0.05) is 72.8 Å². The molecule has 0 atom stereocenters. The van der Waals surface area contributed by atoms with Gasteiger partial charge in [-0.3, -0.25) is 10.0 Å². The van der Waals surface area contributed by atoms with Gasteiger partial charge >= 0.3 is 0 Å². The summed E-state index contributed by atoms with van der Waals surface area (Å²) >= 11 is 0. The molecule has 0 fully saturated rings. The molecule has 0 aliphatic carbocycles. The number of benzene rings is 3. The molecule has 4 heteroatoms. The summed E-state index contributed by atoms with van der Waals surface area (Å²) in [6, 6.07) is 24.8. The van der Waals surface area contributed by atoms with E-state index >= 15 is 0 Å². The predicted octanol–water partition coefficient (Wildman–Crippen LogP) is 5.03. The number of nitrogens with zero attached hydrogens (tertiary/aromatic N) is 1. The van der Waals surface area contributed by atoms with Crippen LogP contribution in [0.25, 0.3) is 18.2 Å². The molecule has 4 rings (SSSR count). The maximum atomic E-state index is 11.1. The topological polar surface area (TPSA) is 52.6 Å². The summed E-state index contributed by atoms with van der Waals surface area (Å²) in [5, 5.41) is 8.56. The van der Waals surface area contributed by atoms with Crippen LogP contribution in [0.2, 0.25) is 0 Å². The first-order valence-corrected chi connectivity index (χ1v) is 9.09. The molecule has 0 bridgehead atoms. The lowest BCUT2D eigenvalue weighted by Gasteiger charge is -2.27. The van der Waals surface area contributed by atoms with Crippen molar-refractivity contribution in [1.82, 2.24) is 5.48 Å². The Labute approximate surface area is 164 Å². The third-order valence-corrected chi connectivity index (χ3v) is 4.76. The van der Waals surface area contributed by atoms with Crippen LogP contribution >= 0.6 is 0 Å². The number of carbonyl (C=O) groups excluding carboxylic acids is 1. The van der Waals surface area contributed by atoms with Crippen LogP contribution in [0.1, 0.15) is 22.3 Å². The molecule has 0 aromatic heterocycles. The molecule has 1 aliphatic heterocycles. The first kappa shape index (κ1) is 17.8. The summed E-state index contributed by atoms with van der Waals surface area (Å²) in [5.74, 6) is -0.547. The molecule has 2 N–H and O–H groups in total. The van der Waals surface area contributed by atoms with E-state index in [0.29, 0.717) is 0 Å². The molecule has 28 heavy (non-hydrogen) atoms. The van der Waals surface area contributed by atoms with E-state index in [9.17, 15) is 4.79 Å². The standard InChI is InChI=1S/C24H20N2O2/c27-24(25-28)16-13-18-9-11-19(12-10-18)17-26-22-7-3-1-5-20(22)14-15-21-6-2-4-8-23(21)26/h1-16,28H,17H2,(H,25,27). The quantitative estimate of drug-likeness (QED) is 0.386. The van der Waals surface area contributed by atoms with Gasteiger partial charge in [-0.25, -0.2) is 5.48 Å². The van der Waals surface area contributed by atoms with Gasteiger partial charge in [-0.2, -0.15) is 0 Å². The normalized spacial score (nSPS) is 12.4. The highest BCUT2D eigenvalue weighted by Crippen LogP contribution is 2.37. The summed E-state index contributed by atoms with van der Waals surface area (Å²) in [7, 11) is 0. The van der Waals surface area contributed by atoms with Gasteiger partial charge in [0.25, 0.3) is 5.91 Å². The molecule has 138 valence electrons. The summed E-state index contributed by atoms with van der Waals surface area (Å²) < 4.78 is 0. The van der Waals surface area contributed by atoms with Gasteiger partial charge in [0.1, 0.15) is 0 Å². The Morgan fingerprint density at radius 1 is 0.857 bits per heavy atom. The lowest BCUT2D eigenvalue weighted by Crippen LogP contribution is -2.17. The molecule has 1 aliphatic rings. The van der Waals surface area contributed by atoms with Crippen molar-refractivity contribution in [2.75, 3.05) is 4.90 Å². The van der Waals surface area contributed by atoms with Gasteiger partial charge < -0.3 is 4.90 Å². The Kier molecular flexibility index (Phi) is 5.04. The van der Waals surface area contributed by atoms with E-state index in [1.54, 1.807) is 11.6 Å². The Bertz CT molecular complexity index is 1000. The highest BCUT2D eigenvalue weighted by molar-refractivity contribution is 5.91. The van der Waals surface area contributed by atoms with E-state index in [0.717, 1.165) is 17.7 Å². The van der Waals surface area contributed by atoms with Crippen molar-refractivity contribution in [2.45, 2.75) is 6.54 Å². The molecule has 0 unspecified atom stereocenters. The zero-order chi connectivity index (χ0) is 19.3. The van der Waals surface area contributed by atoms with E-state index in [-0.39, 0.29) is 0 Å². The van der Waals surface area contributed by atoms with Crippen LogP contribution in [0.5, 0.6) is 0 Å². The monoisotopic (exact) mass is 368 g/mol. The van der Waals surface area contributed by atoms with Crippen LogP contribution < -0.4 is 10.4 Å². The highest BCUT2D eigenvalue weighted by Gasteiger charge is 2.17. The van der Waals surface area contributed by atoms with Crippen LogP contribution in [0, 0.1) is 0 Å². The average molecular weight is 368 g/mol. The Morgan fingerprint density at radius 3 is 2.00 bits per heavy atom. The number of nitrogens with one attached hydrogen (secondary N) is 1. The van der Waals surface area contributed by atoms with Crippen molar-refractivity contribution in [3.05, 3.63) is 101 Å². The van der Waals surface area contributed by atoms with Crippen molar-refractivity contribution in [1.29, 1.82) is 0 Å². The van der Waals surface area contributed by atoms with Crippen molar-refractivity contribution in [3.8, 4) is 0 Å². The molecule has 1 heterocycles. The molecule has 0 saturated carbocycles. The Hall–Kier alpha value is -3.63. The summed E-state index contributed by atoms with van der Waals surface area (Å²) in [4.78, 5) is 13.4. The van der Waals surface area contributed by atoms with Crippen molar-refractivity contribution in [3.63, 3.8) is 0 Å². The molecule has 3 aromatic carbocycles. The average Bonchev–Trinajstić information content (AvgIpc) is 2.90. The second kappa shape index (κ2) is 7.94. The maximum Gasteiger partial charge on any atom is 0.267 e. The third-order valence-electron chi connectivity index (χ3n) is 4.76. The third kappa shape index (κ3) is 3.72. The lowest BCUT2D eigenvalue weighted by molar-refractivity contribution is -0.124. The first-order chi connectivity index (χ1) is 13.7. The minimum absolute atomic E-state index is 0.547. The van der Waals surface area contributed by atoms with E-state index in [2.05, 4.69) is 77.7 Å². The minimum Gasteiger partial charge on any atom is -0.336 e. The van der Waals surface area contributed by atoms with Crippen LogP contribution in [0.15, 0.2) is 78.9 Å². The van der Waals surface area contributed by atoms with E-state index in [4.69, 9.17) is 5.21 Å². The van der Waals surface area contributed by atoms with E-state index in [1.165, 1.54) is 28.6 Å². The molecule has 3 aromatic rings. The SMILES string of the molecule is O=C(C=Cc1ccc(CN2c3ccccc3C=Cc3ccccc32)cc1)NO. The second-order valence-corrected chi connectivity index (χ2v) is 6.59. The van der Waals surface area contributed by atoms with Gasteiger partial charge in [0, 0.05) is 24.0 Å². The molecular weight excluding hydrogens is 348 g/mol. The summed E-state index contributed by atoms with van der Waals surface area (Å²) in [6.07, 6.45) is 7.28. The van der Waals surface area contributed by atoms with Crippen LogP contribution in [-0.4, -0.2) is 11.1 Å². The molecular formula is C24H20N2O2. The van der Waals surface area contributed by atoms with Gasteiger partial charge in [0.15, 0.2) is 0 Å². The number of hydroxylamine groups is 1. The second-order valence-electron chi connectivity index (χ2n) is 6.59. The number of fused-ring (bicyclic) bond motifs is 2. The number of rotatable bonds is 4. The lowest BCUT2D eigenvalue weighted by atomic mass is 10.1. The van der Waals surface area contributed by atoms with Crippen LogP contribution in [0.3, 0.4) is 0 Å². The Morgan fingerprint density at radius 2 is 1.43 bits per heavy atom. The van der Waals surface area contributed by atoms with Crippen molar-refractivity contribution in [2.24, 2.45) is 0 Å². The van der Waals surface area contributed by atoms with E-state index < -0.39 is 5.91 Å². The molecule has 4 nitrogen and oxygen atoms in total. The van der Waals surface area contributed by atoms with Gasteiger partial charge in [0.05, 0.1) is 0 Å². The number of anilines is 2. The number of amides is 1. The molecule has 1 amide bonds. The van der Waals surface area contributed by atoms with Crippen LogP contribution in [-0.2, 0) is 11.3 Å². The fraction of sp³-hybridized carbons (Fsp3) is 0.0417. The number of carbonyl (C=O) groups is 1. The van der Waals surface area contributed by atoms with Gasteiger partial charge in [0.2, 0.25) is 0 Å². The first-order valence-electron chi connectivity index (χ1n) is 9.09. The zero-order valence-electron chi connectivity index (χ0n) is 15.2. The fourth-order valence-electron chi connectivity index (χ4n) is 3.35. The highest BCUT2D eigenvalue weighted by atomic mass is 16.5. The van der Waals surface area contributed by atoms with Gasteiger partial charge in [-0.05, 0) is 40.5 Å². The summed E-state index contributed by atoms with van der Waals surface area (Å²) in [5.41, 5.74) is 8.37. The predicted molar refractivity (Wildman–Crippen MR) is 113 cm³/mol. The molecule has 0 spiro atoms. The zero-order valence-corrected chi connectivity index (χ0v) is 15.2. The fourth-order valence-corrected chi connectivity index (χ4v) is 3.35. The maximum absolute atomic E-state index is 11.1. The van der Waals surface area contributed by atoms with Crippen molar-refractivity contribution >= 4 is 35.5 Å². The Balaban J connectivity index is 1.65. The minimum atomic E-state index is -0.547. The number of hydrogen-bond acceptors (Lipinski definition) is 3. The molecule has 0 saturated heterocycles. The number of hydrogen-bond donors (Lipinski definition) is 2. The summed E-state index contributed by atoms with van der Waals surface area (Å²) in [6.45, 7) is 0.733. The van der Waals surface area contributed by atoms with Crippen molar-refractivity contribution < 1.29 is 10.0 Å². The van der Waals surface area contributed by atoms with Gasteiger partial charge in [-0.15, -0.1) is 0 Å². The van der Waals surface area contributed by atoms with Crippen LogP contribution in [0.4, 0.5) is 11.4 Å². The smallest absolute Gasteiger partial charge is 0.267 e. The number of para-hydroxylation sites is 2. The van der Waals surface area contributed by atoms with E-state index in [1.807, 2.05) is 12.1 Å². The largest absolute Gasteiger partial charge is 0.336 e.